The zero-order valence-electron chi connectivity index (χ0n) is 13.7. The van der Waals surface area contributed by atoms with Crippen LogP contribution in [0.1, 0.15) is 18.9 Å². The van der Waals surface area contributed by atoms with Gasteiger partial charge < -0.3 is 9.64 Å². The first kappa shape index (κ1) is 15.1. The van der Waals surface area contributed by atoms with Gasteiger partial charge >= 0.3 is 0 Å². The van der Waals surface area contributed by atoms with Crippen molar-refractivity contribution in [3.05, 3.63) is 35.6 Å². The third-order valence-corrected chi connectivity index (χ3v) is 4.95. The zero-order valence-corrected chi connectivity index (χ0v) is 14.5. The van der Waals surface area contributed by atoms with Crippen LogP contribution in [0.25, 0.3) is 22.2 Å². The van der Waals surface area contributed by atoms with Crippen LogP contribution < -0.4 is 4.90 Å². The number of aromatic nitrogens is 4. The second kappa shape index (κ2) is 5.97. The molecule has 1 aliphatic carbocycles. The van der Waals surface area contributed by atoms with Crippen LogP contribution in [0.4, 0.5) is 5.95 Å². The molecule has 2 aliphatic rings. The minimum Gasteiger partial charge on any atom is -0.378 e. The smallest absolute Gasteiger partial charge is 0.227 e. The van der Waals surface area contributed by atoms with E-state index in [4.69, 9.17) is 21.3 Å². The predicted molar refractivity (Wildman–Crippen MR) is 97.1 cm³/mol. The number of ether oxygens (including phenoxy) is 1. The predicted octanol–water partition coefficient (Wildman–Crippen LogP) is 3.32. The maximum absolute atomic E-state index is 6.27. The Morgan fingerprint density at radius 2 is 1.92 bits per heavy atom. The molecule has 0 radical (unpaired) electrons. The van der Waals surface area contributed by atoms with Gasteiger partial charge in [0.15, 0.2) is 0 Å². The molecule has 25 heavy (non-hydrogen) atoms. The minimum atomic E-state index is 0.459. The number of morpholine rings is 1. The molecule has 0 amide bonds. The van der Waals surface area contributed by atoms with Crippen LogP contribution in [0.5, 0.6) is 0 Å². The second-order valence-corrected chi connectivity index (χ2v) is 6.96. The maximum atomic E-state index is 6.27. The number of hydrogen-bond donors (Lipinski definition) is 0. The van der Waals surface area contributed by atoms with Crippen molar-refractivity contribution in [3.63, 3.8) is 0 Å². The number of fused-ring (bicyclic) bond motifs is 1. The molecule has 0 unspecified atom stereocenters. The number of anilines is 1. The first-order valence-corrected chi connectivity index (χ1v) is 9.01. The van der Waals surface area contributed by atoms with Crippen LogP contribution in [-0.2, 0) is 4.74 Å². The highest BCUT2D eigenvalue weighted by atomic mass is 35.5. The first-order valence-electron chi connectivity index (χ1n) is 8.63. The van der Waals surface area contributed by atoms with Crippen molar-refractivity contribution < 1.29 is 4.74 Å². The van der Waals surface area contributed by atoms with E-state index in [-0.39, 0.29) is 0 Å². The maximum Gasteiger partial charge on any atom is 0.227 e. The summed E-state index contributed by atoms with van der Waals surface area (Å²) >= 11 is 6.27. The fourth-order valence-corrected chi connectivity index (χ4v) is 3.46. The summed E-state index contributed by atoms with van der Waals surface area (Å²) in [6.45, 7) is 2.95. The summed E-state index contributed by atoms with van der Waals surface area (Å²) in [5.74, 6) is 0.666. The second-order valence-electron chi connectivity index (χ2n) is 6.57. The first-order chi connectivity index (χ1) is 12.3. The Morgan fingerprint density at radius 3 is 2.72 bits per heavy atom. The summed E-state index contributed by atoms with van der Waals surface area (Å²) in [6, 6.07) is 8.73. The molecule has 1 aliphatic heterocycles. The number of nitrogens with zero attached hydrogens (tertiary/aromatic N) is 5. The molecule has 7 heteroatoms. The van der Waals surface area contributed by atoms with Crippen LogP contribution in [0.15, 0.2) is 30.5 Å². The quantitative estimate of drug-likeness (QED) is 0.674. The van der Waals surface area contributed by atoms with Crippen LogP contribution in [0, 0.1) is 0 Å². The molecule has 128 valence electrons. The van der Waals surface area contributed by atoms with Gasteiger partial charge in [0.05, 0.1) is 36.7 Å². The van der Waals surface area contributed by atoms with Crippen molar-refractivity contribution in [2.75, 3.05) is 31.2 Å². The van der Waals surface area contributed by atoms with E-state index < -0.39 is 0 Å². The zero-order chi connectivity index (χ0) is 16.8. The van der Waals surface area contributed by atoms with E-state index in [2.05, 4.69) is 37.9 Å². The Labute approximate surface area is 150 Å². The molecule has 0 N–H and O–H groups in total. The lowest BCUT2D eigenvalue weighted by atomic mass is 10.1. The van der Waals surface area contributed by atoms with Crippen LogP contribution >= 0.6 is 11.6 Å². The lowest BCUT2D eigenvalue weighted by molar-refractivity contribution is 0.122. The van der Waals surface area contributed by atoms with Gasteiger partial charge in [-0.25, -0.2) is 9.97 Å². The number of benzene rings is 1. The molecule has 0 bridgehead atoms. The molecule has 5 rings (SSSR count). The Morgan fingerprint density at radius 1 is 1.08 bits per heavy atom. The van der Waals surface area contributed by atoms with Crippen LogP contribution in [0.2, 0.25) is 5.15 Å². The van der Waals surface area contributed by atoms with Gasteiger partial charge in [-0.3, -0.25) is 4.68 Å². The van der Waals surface area contributed by atoms with Crippen LogP contribution in [-0.4, -0.2) is 46.1 Å². The van der Waals surface area contributed by atoms with Gasteiger partial charge in [0.1, 0.15) is 5.15 Å². The van der Waals surface area contributed by atoms with E-state index in [9.17, 15) is 0 Å². The van der Waals surface area contributed by atoms with Crippen molar-refractivity contribution in [3.8, 4) is 11.3 Å². The SMILES string of the molecule is Clc1cc(-c2ccc3c(cnn3C3CC3)c2)nc(N2CCOCC2)n1. The Kier molecular flexibility index (Phi) is 3.60. The average Bonchev–Trinajstić information content (AvgIpc) is 3.41. The Balaban J connectivity index is 1.53. The molecule has 1 saturated carbocycles. The molecule has 3 aromatic rings. The number of hydrogen-bond acceptors (Lipinski definition) is 5. The largest absolute Gasteiger partial charge is 0.378 e. The fourth-order valence-electron chi connectivity index (χ4n) is 3.28. The van der Waals surface area contributed by atoms with E-state index in [1.54, 1.807) is 0 Å². The summed E-state index contributed by atoms with van der Waals surface area (Å²) in [5.41, 5.74) is 3.05. The third-order valence-electron chi connectivity index (χ3n) is 4.76. The summed E-state index contributed by atoms with van der Waals surface area (Å²) in [5, 5.41) is 6.13. The average molecular weight is 356 g/mol. The van der Waals surface area contributed by atoms with Gasteiger partial charge in [-0.15, -0.1) is 0 Å². The lowest BCUT2D eigenvalue weighted by Crippen LogP contribution is -2.37. The van der Waals surface area contributed by atoms with E-state index in [0.29, 0.717) is 30.4 Å². The van der Waals surface area contributed by atoms with Crippen molar-refractivity contribution >= 4 is 28.5 Å². The monoisotopic (exact) mass is 355 g/mol. The Hall–Kier alpha value is -2.18. The third kappa shape index (κ3) is 2.85. The van der Waals surface area contributed by atoms with Crippen molar-refractivity contribution in [1.82, 2.24) is 19.7 Å². The molecule has 0 spiro atoms. The molecule has 1 aromatic carbocycles. The molecular weight excluding hydrogens is 338 g/mol. The molecular formula is C18H18ClN5O. The van der Waals surface area contributed by atoms with Crippen molar-refractivity contribution in [2.45, 2.75) is 18.9 Å². The Bertz CT molecular complexity index is 930. The van der Waals surface area contributed by atoms with Gasteiger partial charge in [0, 0.05) is 30.1 Å². The number of halogens is 1. The van der Waals surface area contributed by atoms with E-state index in [1.807, 2.05) is 12.3 Å². The van der Waals surface area contributed by atoms with E-state index in [0.717, 1.165) is 29.7 Å². The summed E-state index contributed by atoms with van der Waals surface area (Å²) in [7, 11) is 0. The van der Waals surface area contributed by atoms with Crippen LogP contribution in [0.3, 0.4) is 0 Å². The highest BCUT2D eigenvalue weighted by Crippen LogP contribution is 2.37. The molecule has 6 nitrogen and oxygen atoms in total. The molecule has 2 aromatic heterocycles. The minimum absolute atomic E-state index is 0.459. The summed E-state index contributed by atoms with van der Waals surface area (Å²) in [6.07, 6.45) is 4.38. The topological polar surface area (TPSA) is 56.1 Å². The molecule has 3 heterocycles. The molecule has 0 atom stereocenters. The highest BCUT2D eigenvalue weighted by molar-refractivity contribution is 6.29. The van der Waals surface area contributed by atoms with Gasteiger partial charge in [0.25, 0.3) is 0 Å². The summed E-state index contributed by atoms with van der Waals surface area (Å²) in [4.78, 5) is 11.2. The standard InChI is InChI=1S/C18H18ClN5O/c19-17-10-15(21-18(22-17)23-5-7-25-8-6-23)12-1-4-16-13(9-12)11-20-24(16)14-2-3-14/h1,4,9-11,14H,2-3,5-8H2. The van der Waals surface area contributed by atoms with Gasteiger partial charge in [-0.05, 0) is 25.0 Å². The lowest BCUT2D eigenvalue weighted by Gasteiger charge is -2.27. The van der Waals surface area contributed by atoms with Gasteiger partial charge in [0.2, 0.25) is 5.95 Å². The van der Waals surface area contributed by atoms with Crippen molar-refractivity contribution in [2.24, 2.45) is 0 Å². The van der Waals surface area contributed by atoms with Gasteiger partial charge in [-0.1, -0.05) is 17.7 Å². The normalized spacial score (nSPS) is 18.0. The molecule has 1 saturated heterocycles. The van der Waals surface area contributed by atoms with Crippen molar-refractivity contribution in [1.29, 1.82) is 0 Å². The van der Waals surface area contributed by atoms with Gasteiger partial charge in [-0.2, -0.15) is 5.10 Å². The highest BCUT2D eigenvalue weighted by Gasteiger charge is 2.25. The number of rotatable bonds is 3. The molecule has 2 fully saturated rings. The summed E-state index contributed by atoms with van der Waals surface area (Å²) < 4.78 is 7.53. The van der Waals surface area contributed by atoms with E-state index in [1.165, 1.54) is 18.4 Å². The van der Waals surface area contributed by atoms with E-state index >= 15 is 0 Å². The fraction of sp³-hybridized carbons (Fsp3) is 0.389.